The van der Waals surface area contributed by atoms with Crippen LogP contribution in [0.2, 0.25) is 0 Å². The van der Waals surface area contributed by atoms with Crippen LogP contribution in [0.4, 0.5) is 10.5 Å². The van der Waals surface area contributed by atoms with E-state index in [1.807, 2.05) is 13.8 Å². The van der Waals surface area contributed by atoms with Crippen LogP contribution in [0, 0.1) is 0 Å². The summed E-state index contributed by atoms with van der Waals surface area (Å²) in [5.74, 6) is -1.49. The third-order valence-electron chi connectivity index (χ3n) is 3.48. The van der Waals surface area contributed by atoms with Crippen LogP contribution < -0.4 is 10.6 Å². The molecule has 23 heavy (non-hydrogen) atoms. The van der Waals surface area contributed by atoms with E-state index in [1.54, 1.807) is 24.3 Å². The molecule has 7 heteroatoms. The van der Waals surface area contributed by atoms with Crippen molar-refractivity contribution in [2.45, 2.75) is 39.3 Å². The zero-order chi connectivity index (χ0) is 17.8. The number of rotatable bonds is 5. The van der Waals surface area contributed by atoms with Crippen LogP contribution in [0.5, 0.6) is 0 Å². The number of carbonyl (C=O) groups is 3. The van der Waals surface area contributed by atoms with Gasteiger partial charge < -0.3 is 20.6 Å². The molecule has 0 saturated heterocycles. The molecule has 126 valence electrons. The lowest BCUT2D eigenvalue weighted by molar-refractivity contribution is -0.147. The second kappa shape index (κ2) is 7.13. The van der Waals surface area contributed by atoms with Gasteiger partial charge in [-0.15, -0.1) is 0 Å². The molecule has 3 N–H and O–H groups in total. The topological polar surface area (TPSA) is 98.7 Å². The minimum Gasteiger partial charge on any atom is -0.480 e. The van der Waals surface area contributed by atoms with Crippen molar-refractivity contribution in [1.82, 2.24) is 10.2 Å². The first kappa shape index (κ1) is 18.5. The van der Waals surface area contributed by atoms with Gasteiger partial charge in [-0.2, -0.15) is 0 Å². The van der Waals surface area contributed by atoms with Crippen molar-refractivity contribution < 1.29 is 19.5 Å². The van der Waals surface area contributed by atoms with E-state index < -0.39 is 17.4 Å². The molecule has 0 atom stereocenters. The van der Waals surface area contributed by atoms with Crippen LogP contribution in [-0.4, -0.2) is 46.5 Å². The Labute approximate surface area is 135 Å². The number of urea groups is 1. The number of anilines is 1. The van der Waals surface area contributed by atoms with Crippen LogP contribution in [0.15, 0.2) is 24.3 Å². The molecule has 1 rings (SSSR count). The molecule has 7 nitrogen and oxygen atoms in total. The van der Waals surface area contributed by atoms with Crippen molar-refractivity contribution in [3.05, 3.63) is 29.8 Å². The Hall–Kier alpha value is -2.57. The quantitative estimate of drug-likeness (QED) is 0.774. The maximum atomic E-state index is 12.3. The van der Waals surface area contributed by atoms with Crippen LogP contribution in [0.3, 0.4) is 0 Å². The number of likely N-dealkylation sites (N-methyl/N-ethyl adjacent to an activating group) is 1. The maximum absolute atomic E-state index is 12.3. The first-order valence-corrected chi connectivity index (χ1v) is 7.25. The second-order valence-corrected chi connectivity index (χ2v) is 6.06. The molecular weight excluding hydrogens is 298 g/mol. The SMILES string of the molecule is CC(C)NC(=O)Nc1ccc(C(=O)N(C)C(C)(C)C(=O)O)cc1. The van der Waals surface area contributed by atoms with Crippen molar-refractivity contribution in [1.29, 1.82) is 0 Å². The van der Waals surface area contributed by atoms with Gasteiger partial charge in [-0.05, 0) is 52.0 Å². The molecule has 0 aromatic heterocycles. The summed E-state index contributed by atoms with van der Waals surface area (Å²) < 4.78 is 0. The predicted octanol–water partition coefficient (Wildman–Crippen LogP) is 2.15. The minimum atomic E-state index is -1.31. The average Bonchev–Trinajstić information content (AvgIpc) is 2.45. The van der Waals surface area contributed by atoms with E-state index in [2.05, 4.69) is 10.6 Å². The number of nitrogens with zero attached hydrogens (tertiary/aromatic N) is 1. The van der Waals surface area contributed by atoms with Crippen LogP contribution in [0.1, 0.15) is 38.1 Å². The van der Waals surface area contributed by atoms with Gasteiger partial charge >= 0.3 is 12.0 Å². The van der Waals surface area contributed by atoms with Gasteiger partial charge in [0.1, 0.15) is 5.54 Å². The average molecular weight is 321 g/mol. The monoisotopic (exact) mass is 321 g/mol. The standard InChI is InChI=1S/C16H23N3O4/c1-10(2)17-15(23)18-12-8-6-11(7-9-12)13(20)19(5)16(3,4)14(21)22/h6-10H,1-5H3,(H,21,22)(H2,17,18,23). The summed E-state index contributed by atoms with van der Waals surface area (Å²) in [7, 11) is 1.44. The lowest BCUT2D eigenvalue weighted by Crippen LogP contribution is -2.50. The van der Waals surface area contributed by atoms with Gasteiger partial charge in [0, 0.05) is 24.3 Å². The molecule has 0 bridgehead atoms. The number of carboxylic acids is 1. The summed E-state index contributed by atoms with van der Waals surface area (Å²) in [6.07, 6.45) is 0. The fourth-order valence-electron chi connectivity index (χ4n) is 1.72. The van der Waals surface area contributed by atoms with Crippen LogP contribution >= 0.6 is 0 Å². The minimum absolute atomic E-state index is 0.0164. The smallest absolute Gasteiger partial charge is 0.329 e. The lowest BCUT2D eigenvalue weighted by atomic mass is 10.0. The number of carbonyl (C=O) groups excluding carboxylic acids is 2. The number of aliphatic carboxylic acids is 1. The lowest BCUT2D eigenvalue weighted by Gasteiger charge is -2.31. The number of amides is 3. The van der Waals surface area contributed by atoms with Gasteiger partial charge in [-0.25, -0.2) is 9.59 Å². The second-order valence-electron chi connectivity index (χ2n) is 6.06. The van der Waals surface area contributed by atoms with Crippen molar-refractivity contribution >= 4 is 23.6 Å². The highest BCUT2D eigenvalue weighted by Crippen LogP contribution is 2.18. The van der Waals surface area contributed by atoms with E-state index in [-0.39, 0.29) is 12.1 Å². The van der Waals surface area contributed by atoms with E-state index in [1.165, 1.54) is 25.8 Å². The van der Waals surface area contributed by atoms with Gasteiger partial charge in [0.05, 0.1) is 0 Å². The molecule has 1 aromatic carbocycles. The predicted molar refractivity (Wildman–Crippen MR) is 87.5 cm³/mol. The Kier molecular flexibility index (Phi) is 5.73. The van der Waals surface area contributed by atoms with E-state index >= 15 is 0 Å². The summed E-state index contributed by atoms with van der Waals surface area (Å²) in [5, 5.41) is 14.5. The molecule has 1 aromatic rings. The molecule has 0 aliphatic rings. The fourth-order valence-corrected chi connectivity index (χ4v) is 1.72. The molecule has 0 fully saturated rings. The molecule has 0 spiro atoms. The van der Waals surface area contributed by atoms with Crippen molar-refractivity contribution in [2.24, 2.45) is 0 Å². The number of benzene rings is 1. The van der Waals surface area contributed by atoms with Crippen LogP contribution in [0.25, 0.3) is 0 Å². The number of hydrogen-bond donors (Lipinski definition) is 3. The highest BCUT2D eigenvalue weighted by molar-refractivity contribution is 5.98. The number of hydrogen-bond acceptors (Lipinski definition) is 3. The Bertz CT molecular complexity index is 594. The summed E-state index contributed by atoms with van der Waals surface area (Å²) in [6.45, 7) is 6.61. The van der Waals surface area contributed by atoms with E-state index in [9.17, 15) is 19.5 Å². The molecular formula is C16H23N3O4. The highest BCUT2D eigenvalue weighted by Gasteiger charge is 2.35. The van der Waals surface area contributed by atoms with Crippen molar-refractivity contribution in [2.75, 3.05) is 12.4 Å². The third kappa shape index (κ3) is 4.70. The zero-order valence-electron chi connectivity index (χ0n) is 14.0. The van der Waals surface area contributed by atoms with Gasteiger partial charge in [0.15, 0.2) is 0 Å². The summed E-state index contributed by atoms with van der Waals surface area (Å²) in [4.78, 5) is 36.3. The van der Waals surface area contributed by atoms with Gasteiger partial charge in [-0.3, -0.25) is 4.79 Å². The zero-order valence-corrected chi connectivity index (χ0v) is 14.0. The Morgan fingerprint density at radius 1 is 1.13 bits per heavy atom. The van der Waals surface area contributed by atoms with Crippen molar-refractivity contribution in [3.63, 3.8) is 0 Å². The largest absolute Gasteiger partial charge is 0.480 e. The summed E-state index contributed by atoms with van der Waals surface area (Å²) in [5.41, 5.74) is -0.429. The van der Waals surface area contributed by atoms with Crippen molar-refractivity contribution in [3.8, 4) is 0 Å². The third-order valence-corrected chi connectivity index (χ3v) is 3.48. The first-order chi connectivity index (χ1) is 10.6. The van der Waals surface area contributed by atoms with Crippen LogP contribution in [-0.2, 0) is 4.79 Å². The molecule has 0 aliphatic carbocycles. The van der Waals surface area contributed by atoms with Gasteiger partial charge in [0.25, 0.3) is 5.91 Å². The molecule has 0 saturated carbocycles. The normalized spacial score (nSPS) is 11.0. The summed E-state index contributed by atoms with van der Waals surface area (Å²) >= 11 is 0. The summed E-state index contributed by atoms with van der Waals surface area (Å²) in [6, 6.07) is 5.96. The van der Waals surface area contributed by atoms with E-state index in [0.29, 0.717) is 11.3 Å². The number of nitrogens with one attached hydrogen (secondary N) is 2. The van der Waals surface area contributed by atoms with E-state index in [4.69, 9.17) is 0 Å². The Morgan fingerprint density at radius 2 is 1.65 bits per heavy atom. The molecule has 0 aliphatic heterocycles. The highest BCUT2D eigenvalue weighted by atomic mass is 16.4. The van der Waals surface area contributed by atoms with E-state index in [0.717, 1.165) is 0 Å². The van der Waals surface area contributed by atoms with Gasteiger partial charge in [-0.1, -0.05) is 0 Å². The van der Waals surface area contributed by atoms with Gasteiger partial charge in [0.2, 0.25) is 0 Å². The molecule has 3 amide bonds. The molecule has 0 unspecified atom stereocenters. The molecule has 0 heterocycles. The fraction of sp³-hybridized carbons (Fsp3) is 0.438. The molecule has 0 radical (unpaired) electrons. The maximum Gasteiger partial charge on any atom is 0.329 e. The number of carboxylic acid groups (broad SMARTS) is 1. The first-order valence-electron chi connectivity index (χ1n) is 7.25. The Balaban J connectivity index is 2.82. The Morgan fingerprint density at radius 3 is 2.09 bits per heavy atom.